The molecule has 118 valence electrons. The van der Waals surface area contributed by atoms with E-state index in [4.69, 9.17) is 16.3 Å². The highest BCUT2D eigenvalue weighted by Gasteiger charge is 2.04. The molecule has 0 saturated heterocycles. The smallest absolute Gasteiger partial charge is 0.134 e. The molecular weight excluding hydrogens is 366 g/mol. The molecule has 0 heterocycles. The van der Waals surface area contributed by atoms with Crippen LogP contribution < -0.4 is 10.1 Å². The fourth-order valence-electron chi connectivity index (χ4n) is 1.94. The first-order chi connectivity index (χ1) is 10.5. The second-order valence-corrected chi connectivity index (χ2v) is 6.45. The predicted octanol–water partition coefficient (Wildman–Crippen LogP) is 4.15. The fraction of sp³-hybridized carbons (Fsp3) is 0.294. The molecule has 0 aliphatic carbocycles. The molecule has 0 fully saturated rings. The maximum Gasteiger partial charge on any atom is 0.134 e. The highest BCUT2D eigenvalue weighted by atomic mass is 79.9. The Morgan fingerprint density at radius 2 is 1.86 bits per heavy atom. The summed E-state index contributed by atoms with van der Waals surface area (Å²) in [5, 5.41) is 13.1. The summed E-state index contributed by atoms with van der Waals surface area (Å²) in [6.45, 7) is 3.54. The number of benzene rings is 2. The van der Waals surface area contributed by atoms with Crippen molar-refractivity contribution in [3.8, 4) is 5.75 Å². The average Bonchev–Trinajstić information content (AvgIpc) is 2.48. The molecule has 2 N–H and O–H groups in total. The average molecular weight is 385 g/mol. The molecular formula is C17H19BrClNO2. The van der Waals surface area contributed by atoms with E-state index in [1.54, 1.807) is 6.92 Å². The predicted molar refractivity (Wildman–Crippen MR) is 93.3 cm³/mol. The molecule has 1 atom stereocenters. The molecule has 0 aliphatic heterocycles. The highest BCUT2D eigenvalue weighted by Crippen LogP contribution is 2.27. The van der Waals surface area contributed by atoms with Crippen molar-refractivity contribution in [2.75, 3.05) is 6.54 Å². The molecule has 0 aliphatic rings. The van der Waals surface area contributed by atoms with Gasteiger partial charge in [0.05, 0.1) is 10.6 Å². The first-order valence-electron chi connectivity index (χ1n) is 7.09. The number of hydrogen-bond acceptors (Lipinski definition) is 3. The van der Waals surface area contributed by atoms with Crippen LogP contribution in [0.4, 0.5) is 0 Å². The Labute approximate surface area is 144 Å². The number of rotatable bonds is 7. The summed E-state index contributed by atoms with van der Waals surface area (Å²) in [6, 6.07) is 13.6. The maximum absolute atomic E-state index is 9.22. The first-order valence-corrected chi connectivity index (χ1v) is 8.26. The molecule has 0 radical (unpaired) electrons. The van der Waals surface area contributed by atoms with E-state index in [2.05, 4.69) is 21.2 Å². The summed E-state index contributed by atoms with van der Waals surface area (Å²) >= 11 is 9.39. The lowest BCUT2D eigenvalue weighted by Gasteiger charge is -2.11. The van der Waals surface area contributed by atoms with Gasteiger partial charge in [-0.05, 0) is 58.2 Å². The van der Waals surface area contributed by atoms with Crippen LogP contribution in [-0.2, 0) is 13.2 Å². The molecule has 0 amide bonds. The van der Waals surface area contributed by atoms with Gasteiger partial charge in [-0.25, -0.2) is 0 Å². The van der Waals surface area contributed by atoms with E-state index in [0.29, 0.717) is 19.7 Å². The third-order valence-electron chi connectivity index (χ3n) is 3.07. The number of aliphatic hydroxyl groups excluding tert-OH is 1. The van der Waals surface area contributed by atoms with Gasteiger partial charge in [0, 0.05) is 18.1 Å². The minimum atomic E-state index is -0.342. The molecule has 2 aromatic carbocycles. The van der Waals surface area contributed by atoms with Crippen LogP contribution in [0.5, 0.6) is 5.75 Å². The third kappa shape index (κ3) is 5.61. The Morgan fingerprint density at radius 1 is 1.18 bits per heavy atom. The van der Waals surface area contributed by atoms with E-state index < -0.39 is 0 Å². The van der Waals surface area contributed by atoms with Crippen LogP contribution in [-0.4, -0.2) is 17.8 Å². The van der Waals surface area contributed by atoms with E-state index in [1.807, 2.05) is 42.5 Å². The molecule has 3 nitrogen and oxygen atoms in total. The van der Waals surface area contributed by atoms with Crippen molar-refractivity contribution >= 4 is 27.5 Å². The molecule has 2 aromatic rings. The van der Waals surface area contributed by atoms with Crippen molar-refractivity contribution in [2.24, 2.45) is 0 Å². The maximum atomic E-state index is 9.22. The van der Waals surface area contributed by atoms with Crippen molar-refractivity contribution < 1.29 is 9.84 Å². The zero-order valence-corrected chi connectivity index (χ0v) is 14.7. The lowest BCUT2D eigenvalue weighted by molar-refractivity contribution is 0.191. The minimum absolute atomic E-state index is 0.342. The highest BCUT2D eigenvalue weighted by molar-refractivity contribution is 9.10. The normalized spacial score (nSPS) is 12.2. The van der Waals surface area contributed by atoms with Crippen molar-refractivity contribution in [2.45, 2.75) is 26.2 Å². The summed E-state index contributed by atoms with van der Waals surface area (Å²) in [4.78, 5) is 0. The van der Waals surface area contributed by atoms with E-state index in [0.717, 1.165) is 26.4 Å². The zero-order chi connectivity index (χ0) is 15.9. The lowest BCUT2D eigenvalue weighted by Crippen LogP contribution is -2.23. The van der Waals surface area contributed by atoms with Gasteiger partial charge in [0.25, 0.3) is 0 Å². The number of nitrogens with one attached hydrogen (secondary N) is 1. The van der Waals surface area contributed by atoms with Crippen LogP contribution in [0.25, 0.3) is 0 Å². The van der Waals surface area contributed by atoms with Crippen LogP contribution in [0, 0.1) is 0 Å². The van der Waals surface area contributed by atoms with Crippen molar-refractivity contribution in [1.29, 1.82) is 0 Å². The SMILES string of the molecule is C[C@@H](O)CNCc1ccc(OCc2ccc(Cl)cc2)c(Br)c1. The molecule has 0 bridgehead atoms. The van der Waals surface area contributed by atoms with Gasteiger partial charge in [-0.2, -0.15) is 0 Å². The third-order valence-corrected chi connectivity index (χ3v) is 3.94. The van der Waals surface area contributed by atoms with Crippen LogP contribution >= 0.6 is 27.5 Å². The largest absolute Gasteiger partial charge is 0.488 e. The van der Waals surface area contributed by atoms with Gasteiger partial charge >= 0.3 is 0 Å². The summed E-state index contributed by atoms with van der Waals surface area (Å²) in [6.07, 6.45) is -0.342. The van der Waals surface area contributed by atoms with Crippen molar-refractivity contribution in [1.82, 2.24) is 5.32 Å². The monoisotopic (exact) mass is 383 g/mol. The first kappa shape index (κ1) is 17.3. The Balaban J connectivity index is 1.90. The van der Waals surface area contributed by atoms with Gasteiger partial charge in [0.15, 0.2) is 0 Å². The van der Waals surface area contributed by atoms with Crippen LogP contribution in [0.3, 0.4) is 0 Å². The van der Waals surface area contributed by atoms with Gasteiger partial charge in [-0.1, -0.05) is 29.8 Å². The molecule has 5 heteroatoms. The lowest BCUT2D eigenvalue weighted by atomic mass is 10.2. The Kier molecular flexibility index (Phi) is 6.70. The molecule has 0 aromatic heterocycles. The van der Waals surface area contributed by atoms with Crippen LogP contribution in [0.1, 0.15) is 18.1 Å². The van der Waals surface area contributed by atoms with Crippen LogP contribution in [0.15, 0.2) is 46.9 Å². The second kappa shape index (κ2) is 8.53. The fourth-order valence-corrected chi connectivity index (χ4v) is 2.61. The molecule has 0 spiro atoms. The molecule has 2 rings (SSSR count). The molecule has 22 heavy (non-hydrogen) atoms. The second-order valence-electron chi connectivity index (χ2n) is 5.16. The molecule has 0 saturated carbocycles. The number of ether oxygens (including phenoxy) is 1. The van der Waals surface area contributed by atoms with Crippen molar-refractivity contribution in [3.63, 3.8) is 0 Å². The standard InChI is InChI=1S/C17H19BrClNO2/c1-12(21)9-20-10-14-4-7-17(16(18)8-14)22-11-13-2-5-15(19)6-3-13/h2-8,12,20-21H,9-11H2,1H3/t12-/m1/s1. The Hall–Kier alpha value is -1.07. The number of halogens is 2. The van der Waals surface area contributed by atoms with E-state index in [1.165, 1.54) is 0 Å². The number of aliphatic hydroxyl groups is 1. The van der Waals surface area contributed by atoms with Gasteiger partial charge in [0.1, 0.15) is 12.4 Å². The summed E-state index contributed by atoms with van der Waals surface area (Å²) in [7, 11) is 0. The van der Waals surface area contributed by atoms with Gasteiger partial charge in [-0.15, -0.1) is 0 Å². The van der Waals surface area contributed by atoms with E-state index >= 15 is 0 Å². The van der Waals surface area contributed by atoms with Gasteiger partial charge in [0.2, 0.25) is 0 Å². The topological polar surface area (TPSA) is 41.5 Å². The quantitative estimate of drug-likeness (QED) is 0.753. The van der Waals surface area contributed by atoms with E-state index in [9.17, 15) is 5.11 Å². The van der Waals surface area contributed by atoms with Crippen molar-refractivity contribution in [3.05, 3.63) is 63.1 Å². The van der Waals surface area contributed by atoms with E-state index in [-0.39, 0.29) is 6.10 Å². The molecule has 0 unspecified atom stereocenters. The zero-order valence-electron chi connectivity index (χ0n) is 12.4. The van der Waals surface area contributed by atoms with Crippen LogP contribution in [0.2, 0.25) is 5.02 Å². The minimum Gasteiger partial charge on any atom is -0.488 e. The Bertz CT molecular complexity index is 602. The van der Waals surface area contributed by atoms with Gasteiger partial charge in [-0.3, -0.25) is 0 Å². The van der Waals surface area contributed by atoms with Gasteiger partial charge < -0.3 is 15.2 Å². The summed E-state index contributed by atoms with van der Waals surface area (Å²) in [5.41, 5.74) is 2.20. The summed E-state index contributed by atoms with van der Waals surface area (Å²) < 4.78 is 6.72. The number of hydrogen-bond donors (Lipinski definition) is 2. The Morgan fingerprint density at radius 3 is 2.50 bits per heavy atom. The summed E-state index contributed by atoms with van der Waals surface area (Å²) in [5.74, 6) is 0.800.